The molecular weight excluding hydrogens is 438 g/mol. The second kappa shape index (κ2) is 9.94. The zero-order valence-corrected chi connectivity index (χ0v) is 17.5. The first-order valence-electron chi connectivity index (χ1n) is 9.41. The Balaban J connectivity index is 1.55. The number of carbonyl (C=O) groups is 1. The van der Waals surface area contributed by atoms with E-state index >= 15 is 0 Å². The number of amides is 1. The van der Waals surface area contributed by atoms with Crippen LogP contribution < -0.4 is 15.6 Å². The van der Waals surface area contributed by atoms with Gasteiger partial charge in [-0.2, -0.15) is 5.10 Å². The second-order valence-electron chi connectivity index (χ2n) is 6.58. The van der Waals surface area contributed by atoms with Crippen LogP contribution in [-0.4, -0.2) is 42.1 Å². The third kappa shape index (κ3) is 5.83. The summed E-state index contributed by atoms with van der Waals surface area (Å²) in [6, 6.07) is 16.6. The third-order valence-corrected chi connectivity index (χ3v) is 5.77. The van der Waals surface area contributed by atoms with Crippen molar-refractivity contribution in [1.29, 1.82) is 0 Å². The number of nitro benzene ring substituents is 1. The van der Waals surface area contributed by atoms with Crippen molar-refractivity contribution >= 4 is 21.6 Å². The highest BCUT2D eigenvalue weighted by molar-refractivity contribution is 7.89. The Kier molecular flexibility index (Phi) is 7.07. The van der Waals surface area contributed by atoms with Gasteiger partial charge in [0.15, 0.2) is 0 Å². The van der Waals surface area contributed by atoms with Gasteiger partial charge in [-0.3, -0.25) is 19.7 Å². The Labute approximate surface area is 182 Å². The predicted octanol–water partition coefficient (Wildman–Crippen LogP) is 0.913. The summed E-state index contributed by atoms with van der Waals surface area (Å²) in [7, 11) is -3.99. The summed E-state index contributed by atoms with van der Waals surface area (Å²) in [6.45, 7) is -0.541. The molecule has 0 unspecified atom stereocenters. The van der Waals surface area contributed by atoms with Crippen LogP contribution in [0, 0.1) is 10.1 Å². The lowest BCUT2D eigenvalue weighted by molar-refractivity contribution is -0.385. The van der Waals surface area contributed by atoms with Crippen molar-refractivity contribution in [3.8, 4) is 11.3 Å². The molecule has 166 valence electrons. The molecule has 0 aliphatic rings. The maximum atomic E-state index is 12.3. The molecule has 0 saturated heterocycles. The molecule has 0 bridgehead atoms. The molecule has 32 heavy (non-hydrogen) atoms. The van der Waals surface area contributed by atoms with Crippen molar-refractivity contribution in [1.82, 2.24) is 19.8 Å². The van der Waals surface area contributed by atoms with Crippen LogP contribution in [0.3, 0.4) is 0 Å². The third-order valence-electron chi connectivity index (χ3n) is 4.31. The molecule has 12 heteroatoms. The minimum absolute atomic E-state index is 0.0554. The van der Waals surface area contributed by atoms with E-state index in [4.69, 9.17) is 0 Å². The molecular formula is C20H19N5O6S. The van der Waals surface area contributed by atoms with Gasteiger partial charge >= 0.3 is 0 Å². The van der Waals surface area contributed by atoms with Crippen LogP contribution in [0.2, 0.25) is 0 Å². The molecule has 0 radical (unpaired) electrons. The largest absolute Gasteiger partial charge is 0.353 e. The zero-order chi connectivity index (χ0) is 23.1. The Hall–Kier alpha value is -3.90. The van der Waals surface area contributed by atoms with Crippen LogP contribution in [-0.2, 0) is 21.4 Å². The summed E-state index contributed by atoms with van der Waals surface area (Å²) in [4.78, 5) is 34.0. The van der Waals surface area contributed by atoms with Crippen molar-refractivity contribution in [3.05, 3.63) is 87.2 Å². The van der Waals surface area contributed by atoms with Gasteiger partial charge < -0.3 is 5.32 Å². The maximum Gasteiger partial charge on any atom is 0.270 e. The van der Waals surface area contributed by atoms with Crippen LogP contribution in [0.5, 0.6) is 0 Å². The van der Waals surface area contributed by atoms with E-state index in [9.17, 15) is 28.1 Å². The summed E-state index contributed by atoms with van der Waals surface area (Å²) in [5.41, 5.74) is 0.517. The highest BCUT2D eigenvalue weighted by atomic mass is 32.2. The molecule has 3 rings (SSSR count). The minimum atomic E-state index is -3.99. The molecule has 2 N–H and O–H groups in total. The number of sulfonamides is 1. The number of rotatable bonds is 9. The lowest BCUT2D eigenvalue weighted by Crippen LogP contribution is -2.38. The van der Waals surface area contributed by atoms with Crippen molar-refractivity contribution < 1.29 is 18.1 Å². The number of aromatic nitrogens is 2. The first kappa shape index (κ1) is 22.8. The quantitative estimate of drug-likeness (QED) is 0.275. The highest BCUT2D eigenvalue weighted by Crippen LogP contribution is 2.17. The van der Waals surface area contributed by atoms with Gasteiger partial charge in [0.2, 0.25) is 15.9 Å². The van der Waals surface area contributed by atoms with Gasteiger partial charge in [0.1, 0.15) is 6.54 Å². The number of nitrogens with one attached hydrogen (secondary N) is 2. The Morgan fingerprint density at radius 2 is 1.78 bits per heavy atom. The van der Waals surface area contributed by atoms with Crippen LogP contribution in [0.1, 0.15) is 0 Å². The van der Waals surface area contributed by atoms with Crippen LogP contribution in [0.4, 0.5) is 5.69 Å². The fraction of sp³-hybridized carbons (Fsp3) is 0.150. The lowest BCUT2D eigenvalue weighted by Gasteiger charge is -2.09. The fourth-order valence-corrected chi connectivity index (χ4v) is 3.82. The number of carbonyl (C=O) groups excluding carboxylic acids is 1. The molecule has 0 aliphatic heterocycles. The van der Waals surface area contributed by atoms with E-state index in [1.54, 1.807) is 6.07 Å². The zero-order valence-electron chi connectivity index (χ0n) is 16.7. The molecule has 11 nitrogen and oxygen atoms in total. The first-order valence-corrected chi connectivity index (χ1v) is 10.9. The summed E-state index contributed by atoms with van der Waals surface area (Å²) < 4.78 is 27.8. The molecule has 0 fully saturated rings. The SMILES string of the molecule is O=C(Cn1nc(-c2ccccc2)ccc1=O)NCCNS(=O)(=O)c1cccc([N+](=O)[O-])c1. The van der Waals surface area contributed by atoms with Crippen LogP contribution in [0.15, 0.2) is 76.4 Å². The molecule has 0 aliphatic carbocycles. The van der Waals surface area contributed by atoms with E-state index < -0.39 is 26.4 Å². The molecule has 2 aromatic carbocycles. The van der Waals surface area contributed by atoms with E-state index in [2.05, 4.69) is 15.1 Å². The second-order valence-corrected chi connectivity index (χ2v) is 8.35. The highest BCUT2D eigenvalue weighted by Gasteiger charge is 2.17. The van der Waals surface area contributed by atoms with Gasteiger partial charge in [0.25, 0.3) is 11.2 Å². The molecule has 1 heterocycles. The number of benzene rings is 2. The predicted molar refractivity (Wildman–Crippen MR) is 115 cm³/mol. The van der Waals surface area contributed by atoms with Gasteiger partial charge in [-0.05, 0) is 12.1 Å². The van der Waals surface area contributed by atoms with E-state index in [-0.39, 0.29) is 30.2 Å². The van der Waals surface area contributed by atoms with Gasteiger partial charge in [0, 0.05) is 36.9 Å². The summed E-state index contributed by atoms with van der Waals surface area (Å²) in [5, 5.41) is 17.5. The Bertz CT molecular complexity index is 1290. The van der Waals surface area contributed by atoms with Crippen molar-refractivity contribution in [3.63, 3.8) is 0 Å². The van der Waals surface area contributed by atoms with Gasteiger partial charge in [-0.1, -0.05) is 36.4 Å². The normalized spacial score (nSPS) is 11.1. The molecule has 1 aromatic heterocycles. The number of nitro groups is 1. The number of nitrogens with zero attached hydrogens (tertiary/aromatic N) is 3. The molecule has 1 amide bonds. The van der Waals surface area contributed by atoms with Gasteiger partial charge in [-0.15, -0.1) is 0 Å². The molecule has 0 saturated carbocycles. The van der Waals surface area contributed by atoms with E-state index in [1.807, 2.05) is 30.3 Å². The number of hydrogen-bond donors (Lipinski definition) is 2. The number of non-ortho nitro benzene ring substituents is 1. The first-order chi connectivity index (χ1) is 15.3. The fourth-order valence-electron chi connectivity index (χ4n) is 2.75. The lowest BCUT2D eigenvalue weighted by atomic mass is 10.1. The minimum Gasteiger partial charge on any atom is -0.353 e. The van der Waals surface area contributed by atoms with Gasteiger partial charge in [-0.25, -0.2) is 17.8 Å². The molecule has 3 aromatic rings. The van der Waals surface area contributed by atoms with Gasteiger partial charge in [0.05, 0.1) is 15.5 Å². The monoisotopic (exact) mass is 457 g/mol. The summed E-state index contributed by atoms with van der Waals surface area (Å²) in [6.07, 6.45) is 0. The molecule has 0 spiro atoms. The van der Waals surface area contributed by atoms with E-state index in [0.29, 0.717) is 5.69 Å². The van der Waals surface area contributed by atoms with Crippen molar-refractivity contribution in [2.24, 2.45) is 0 Å². The Morgan fingerprint density at radius 3 is 2.50 bits per heavy atom. The Morgan fingerprint density at radius 1 is 1.03 bits per heavy atom. The van der Waals surface area contributed by atoms with Crippen molar-refractivity contribution in [2.45, 2.75) is 11.4 Å². The van der Waals surface area contributed by atoms with E-state index in [0.717, 1.165) is 16.3 Å². The van der Waals surface area contributed by atoms with E-state index in [1.165, 1.54) is 24.3 Å². The van der Waals surface area contributed by atoms with Crippen molar-refractivity contribution in [2.75, 3.05) is 13.1 Å². The number of hydrogen-bond acceptors (Lipinski definition) is 7. The average molecular weight is 457 g/mol. The summed E-state index contributed by atoms with van der Waals surface area (Å²) in [5.74, 6) is -0.528. The molecule has 0 atom stereocenters. The topological polar surface area (TPSA) is 153 Å². The standard InChI is InChI=1S/C20H19N5O6S/c26-19(14-24-20(27)10-9-18(23-24)15-5-2-1-3-6-15)21-11-12-22-32(30,31)17-8-4-7-16(13-17)25(28)29/h1-10,13,22H,11-12,14H2,(H,21,26). The summed E-state index contributed by atoms with van der Waals surface area (Å²) >= 11 is 0. The van der Waals surface area contributed by atoms with Crippen LogP contribution in [0.25, 0.3) is 11.3 Å². The van der Waals surface area contributed by atoms with Crippen LogP contribution >= 0.6 is 0 Å². The smallest absolute Gasteiger partial charge is 0.270 e. The average Bonchev–Trinajstić information content (AvgIpc) is 2.79. The maximum absolute atomic E-state index is 12.3.